The minimum atomic E-state index is -0.239. The zero-order chi connectivity index (χ0) is 17.6. The smallest absolute Gasteiger partial charge is 0.266 e. The summed E-state index contributed by atoms with van der Waals surface area (Å²) in [5, 5.41) is 11.0. The van der Waals surface area contributed by atoms with Gasteiger partial charge in [-0.3, -0.25) is 9.59 Å². The average Bonchev–Trinajstić information content (AvgIpc) is 3.13. The molecule has 1 N–H and O–H groups in total. The van der Waals surface area contributed by atoms with Crippen molar-refractivity contribution >= 4 is 5.91 Å². The number of carbonyl (C=O) groups excluding carboxylic acids is 1. The summed E-state index contributed by atoms with van der Waals surface area (Å²) in [6.45, 7) is 2.60. The molecular weight excluding hydrogens is 320 g/mol. The summed E-state index contributed by atoms with van der Waals surface area (Å²) < 4.78 is 2.76. The van der Waals surface area contributed by atoms with Crippen LogP contribution >= 0.6 is 0 Å². The molecule has 0 saturated carbocycles. The van der Waals surface area contributed by atoms with Gasteiger partial charge in [-0.2, -0.15) is 5.10 Å². The zero-order valence-electron chi connectivity index (χ0n) is 13.8. The molecule has 0 aliphatic heterocycles. The number of hydrogen-bond acceptors (Lipinski definition) is 5. The molecule has 0 radical (unpaired) electrons. The highest BCUT2D eigenvalue weighted by Crippen LogP contribution is 2.03. The van der Waals surface area contributed by atoms with Gasteiger partial charge >= 0.3 is 0 Å². The van der Waals surface area contributed by atoms with Crippen LogP contribution in [0.25, 0.3) is 5.82 Å². The van der Waals surface area contributed by atoms with Crippen LogP contribution in [-0.4, -0.2) is 37.0 Å². The van der Waals surface area contributed by atoms with Gasteiger partial charge in [0.2, 0.25) is 5.91 Å². The Hall–Kier alpha value is -3.29. The highest BCUT2D eigenvalue weighted by atomic mass is 16.1. The summed E-state index contributed by atoms with van der Waals surface area (Å²) in [5.41, 5.74) is 1.87. The normalized spacial score (nSPS) is 10.6. The van der Waals surface area contributed by atoms with Gasteiger partial charge < -0.3 is 5.32 Å². The molecule has 0 fully saturated rings. The second kappa shape index (κ2) is 7.52. The number of nitrogens with one attached hydrogen (secondary N) is 1. The highest BCUT2D eigenvalue weighted by molar-refractivity contribution is 5.78. The Labute approximate surface area is 144 Å². The van der Waals surface area contributed by atoms with Crippen LogP contribution in [0.4, 0.5) is 0 Å². The van der Waals surface area contributed by atoms with Crippen LogP contribution in [0.1, 0.15) is 11.1 Å². The number of carbonyl (C=O) groups is 1. The molecular formula is C17H18N6O2. The molecule has 0 aliphatic carbocycles. The number of hydrogen-bond donors (Lipinski definition) is 1. The fourth-order valence-electron chi connectivity index (χ4n) is 2.30. The Morgan fingerprint density at radius 3 is 2.68 bits per heavy atom. The Bertz CT molecular complexity index is 900. The van der Waals surface area contributed by atoms with E-state index in [0.29, 0.717) is 18.8 Å². The van der Waals surface area contributed by atoms with E-state index in [1.54, 1.807) is 6.07 Å². The van der Waals surface area contributed by atoms with Crippen molar-refractivity contribution < 1.29 is 4.79 Å². The molecule has 8 heteroatoms. The van der Waals surface area contributed by atoms with E-state index in [1.807, 2.05) is 31.2 Å². The Morgan fingerprint density at radius 1 is 1.16 bits per heavy atom. The fraction of sp³-hybridized carbons (Fsp3) is 0.235. The molecule has 3 aromatic rings. The van der Waals surface area contributed by atoms with Crippen molar-refractivity contribution in [3.05, 3.63) is 70.5 Å². The van der Waals surface area contributed by atoms with E-state index < -0.39 is 0 Å². The molecule has 25 heavy (non-hydrogen) atoms. The van der Waals surface area contributed by atoms with E-state index in [1.165, 1.54) is 28.1 Å². The first-order chi connectivity index (χ1) is 12.1. The summed E-state index contributed by atoms with van der Waals surface area (Å²) in [6.07, 6.45) is 3.20. The van der Waals surface area contributed by atoms with Crippen LogP contribution in [0.5, 0.6) is 0 Å². The molecule has 3 rings (SSSR count). The van der Waals surface area contributed by atoms with Gasteiger partial charge in [0.1, 0.15) is 12.7 Å². The quantitative estimate of drug-likeness (QED) is 0.706. The van der Waals surface area contributed by atoms with E-state index in [2.05, 4.69) is 20.5 Å². The third-order valence-corrected chi connectivity index (χ3v) is 3.64. The van der Waals surface area contributed by atoms with E-state index in [0.717, 1.165) is 11.1 Å². The van der Waals surface area contributed by atoms with Crippen molar-refractivity contribution in [3.63, 3.8) is 0 Å². The summed E-state index contributed by atoms with van der Waals surface area (Å²) in [4.78, 5) is 27.7. The van der Waals surface area contributed by atoms with Crippen LogP contribution in [0.2, 0.25) is 0 Å². The van der Waals surface area contributed by atoms with Gasteiger partial charge in [-0.05, 0) is 18.6 Å². The van der Waals surface area contributed by atoms with Crippen LogP contribution in [0, 0.1) is 6.92 Å². The molecule has 1 amide bonds. The zero-order valence-corrected chi connectivity index (χ0v) is 13.8. The van der Waals surface area contributed by atoms with Gasteiger partial charge in [0.15, 0.2) is 5.82 Å². The lowest BCUT2D eigenvalue weighted by Crippen LogP contribution is -2.33. The molecule has 8 nitrogen and oxygen atoms in total. The number of rotatable bonds is 6. The number of benzene rings is 1. The molecule has 0 bridgehead atoms. The van der Waals surface area contributed by atoms with Gasteiger partial charge in [-0.15, -0.1) is 5.10 Å². The second-order valence-electron chi connectivity index (χ2n) is 5.61. The lowest BCUT2D eigenvalue weighted by Gasteiger charge is -2.08. The van der Waals surface area contributed by atoms with E-state index in [9.17, 15) is 9.59 Å². The Morgan fingerprint density at radius 2 is 1.96 bits per heavy atom. The summed E-state index contributed by atoms with van der Waals surface area (Å²) in [6, 6.07) is 10.8. The Balaban J connectivity index is 1.56. The minimum absolute atomic E-state index is 0.0932. The van der Waals surface area contributed by atoms with Gasteiger partial charge in [0.25, 0.3) is 5.56 Å². The maximum atomic E-state index is 12.0. The standard InChI is InChI=1S/C17H18N6O2/c1-13-2-4-14(5-3-13)10-16(24)19-8-9-22-17(25)7-6-15(21-22)23-12-18-11-20-23/h2-7,11-12H,8-10H2,1H3,(H,19,24). The fourth-order valence-corrected chi connectivity index (χ4v) is 2.30. The summed E-state index contributed by atoms with van der Waals surface area (Å²) in [5.74, 6) is 0.396. The minimum Gasteiger partial charge on any atom is -0.354 e. The first-order valence-electron chi connectivity index (χ1n) is 7.87. The molecule has 1 aromatic carbocycles. The molecule has 0 spiro atoms. The highest BCUT2D eigenvalue weighted by Gasteiger charge is 2.06. The third kappa shape index (κ3) is 4.37. The molecule has 0 atom stereocenters. The van der Waals surface area contributed by atoms with Gasteiger partial charge in [-0.25, -0.2) is 14.3 Å². The topological polar surface area (TPSA) is 94.7 Å². The van der Waals surface area contributed by atoms with Crippen molar-refractivity contribution in [1.82, 2.24) is 29.9 Å². The lowest BCUT2D eigenvalue weighted by atomic mass is 10.1. The van der Waals surface area contributed by atoms with Crippen LogP contribution in [0.15, 0.2) is 53.8 Å². The average molecular weight is 338 g/mol. The number of amides is 1. The molecule has 2 heterocycles. The van der Waals surface area contributed by atoms with E-state index >= 15 is 0 Å². The maximum absolute atomic E-state index is 12.0. The van der Waals surface area contributed by atoms with Gasteiger partial charge in [0.05, 0.1) is 13.0 Å². The number of nitrogens with zero attached hydrogens (tertiary/aromatic N) is 5. The lowest BCUT2D eigenvalue weighted by molar-refractivity contribution is -0.120. The van der Waals surface area contributed by atoms with E-state index in [-0.39, 0.29) is 18.0 Å². The number of aromatic nitrogens is 5. The summed E-state index contributed by atoms with van der Waals surface area (Å²) >= 11 is 0. The van der Waals surface area contributed by atoms with Crippen molar-refractivity contribution in [2.45, 2.75) is 19.9 Å². The molecule has 2 aromatic heterocycles. The molecule has 128 valence electrons. The van der Waals surface area contributed by atoms with Crippen molar-refractivity contribution in [2.75, 3.05) is 6.54 Å². The Kier molecular flexibility index (Phi) is 4.98. The van der Waals surface area contributed by atoms with Crippen LogP contribution < -0.4 is 10.9 Å². The third-order valence-electron chi connectivity index (χ3n) is 3.64. The SMILES string of the molecule is Cc1ccc(CC(=O)NCCn2nc(-n3cncn3)ccc2=O)cc1. The van der Waals surface area contributed by atoms with Crippen molar-refractivity contribution in [1.29, 1.82) is 0 Å². The molecule has 0 saturated heterocycles. The first-order valence-corrected chi connectivity index (χ1v) is 7.87. The van der Waals surface area contributed by atoms with E-state index in [4.69, 9.17) is 0 Å². The maximum Gasteiger partial charge on any atom is 0.266 e. The first kappa shape index (κ1) is 16.6. The van der Waals surface area contributed by atoms with Crippen LogP contribution in [-0.2, 0) is 17.8 Å². The monoisotopic (exact) mass is 338 g/mol. The predicted molar refractivity (Wildman–Crippen MR) is 91.3 cm³/mol. The van der Waals surface area contributed by atoms with Crippen molar-refractivity contribution in [3.8, 4) is 5.82 Å². The van der Waals surface area contributed by atoms with Crippen molar-refractivity contribution in [2.24, 2.45) is 0 Å². The van der Waals surface area contributed by atoms with Gasteiger partial charge in [0, 0.05) is 12.6 Å². The predicted octanol–water partition coefficient (Wildman–Crippen LogP) is 0.491. The summed E-state index contributed by atoms with van der Waals surface area (Å²) in [7, 11) is 0. The second-order valence-corrected chi connectivity index (χ2v) is 5.61. The van der Waals surface area contributed by atoms with Gasteiger partial charge in [-0.1, -0.05) is 29.8 Å². The van der Waals surface area contributed by atoms with Crippen LogP contribution in [0.3, 0.4) is 0 Å². The number of aryl methyl sites for hydroxylation is 1. The largest absolute Gasteiger partial charge is 0.354 e. The molecule has 0 aliphatic rings. The molecule has 0 unspecified atom stereocenters.